The number of amides is 5. The van der Waals surface area contributed by atoms with E-state index < -0.39 is 106 Å². The van der Waals surface area contributed by atoms with Gasteiger partial charge in [-0.3, -0.25) is 72.0 Å². The number of alkyl halides is 3. The minimum Gasteiger partial charge on any atom is -0.481 e. The molecule has 4 aromatic rings. The van der Waals surface area contributed by atoms with Gasteiger partial charge in [-0.2, -0.15) is 13.2 Å². The van der Waals surface area contributed by atoms with Crippen molar-refractivity contribution in [1.82, 2.24) is 36.4 Å². The summed E-state index contributed by atoms with van der Waals surface area (Å²) in [5, 5.41) is 23.2. The SMILES string of the molecule is CC(C)C[C@H](NC(=O)C(F)(F)F)C(=O)[C@@]1(C)CO1.CC(C)C[C@H](NC(=O)OC(C)(C)C)C(=O)[C@@]1(C)CO1.CC(C)C[C@H](NC(=O)[C@H](CCc1ccccc1)CC(=O)CN1CCOCC1)C(=O)C[C@@H](Cc1ccccc1)C(=O)N[C@@H](CC(C)C)C(=O)[C@@]1(C)CO1.CC(C)C[C@H](NC(=O)[C@H](CCc1ccccc1)CC(=O)CN1CCOCC1)C(=O)C[C@@H](Cc1ccccc1)C(=O)O.F.[HH]. The van der Waals surface area contributed by atoms with Gasteiger partial charge in [-0.1, -0.05) is 191 Å². The third-order valence-corrected chi connectivity index (χ3v) is 23.0. The second-order valence-corrected chi connectivity index (χ2v) is 38.9. The molecule has 730 valence electrons. The number of nitrogens with zero attached hydrogens (tertiary/aromatic N) is 2. The van der Waals surface area contributed by atoms with E-state index in [0.29, 0.717) is 130 Å². The number of carboxylic acid groups (broad SMARTS) is 1. The van der Waals surface area contributed by atoms with Crippen LogP contribution in [-0.2, 0) is 112 Å². The zero-order valence-electron chi connectivity index (χ0n) is 79.6. The van der Waals surface area contributed by atoms with Gasteiger partial charge >= 0.3 is 24.1 Å². The Morgan fingerprint density at radius 1 is 0.412 bits per heavy atom. The molecule has 5 aliphatic rings. The summed E-state index contributed by atoms with van der Waals surface area (Å²) in [6.07, 6.45) is -0.981. The summed E-state index contributed by atoms with van der Waals surface area (Å²) in [5.41, 5.74) is 0.640. The van der Waals surface area contributed by atoms with Gasteiger partial charge in [0.2, 0.25) is 17.7 Å². The van der Waals surface area contributed by atoms with E-state index in [2.05, 4.69) is 26.2 Å². The number of nitrogens with one attached hydrogen (secondary N) is 5. The fraction of sp³-hybridized carbons (Fsp3) is 0.630. The summed E-state index contributed by atoms with van der Waals surface area (Å²) < 4.78 is 68.0. The molecule has 5 saturated heterocycles. The highest BCUT2D eigenvalue weighted by Crippen LogP contribution is 2.34. The van der Waals surface area contributed by atoms with Crippen LogP contribution in [0.3, 0.4) is 0 Å². The highest BCUT2D eigenvalue weighted by Gasteiger charge is 2.53. The number of alkyl carbamates (subject to hydrolysis) is 1. The first-order valence-corrected chi connectivity index (χ1v) is 46.0. The third kappa shape index (κ3) is 42.2. The topological polar surface area (TPSA) is 374 Å². The van der Waals surface area contributed by atoms with E-state index in [4.69, 9.17) is 28.4 Å². The van der Waals surface area contributed by atoms with Gasteiger partial charge in [-0.25, -0.2) is 4.79 Å². The number of carbonyl (C=O) groups excluding carboxylic acids is 12. The van der Waals surface area contributed by atoms with Crippen molar-refractivity contribution < 1.29 is 115 Å². The number of rotatable bonds is 49. The van der Waals surface area contributed by atoms with Crippen LogP contribution < -0.4 is 26.6 Å². The molecule has 0 bridgehead atoms. The molecule has 6 N–H and O–H groups in total. The number of ketones is 7. The number of aryl methyl sites for hydroxylation is 2. The van der Waals surface area contributed by atoms with Crippen LogP contribution in [0.25, 0.3) is 0 Å². The van der Waals surface area contributed by atoms with E-state index in [1.165, 1.54) is 6.92 Å². The average Bonchev–Trinajstić information content (AvgIpc) is 1.65. The highest BCUT2D eigenvalue weighted by molar-refractivity contribution is 6.00. The van der Waals surface area contributed by atoms with Gasteiger partial charge in [0.25, 0.3) is 0 Å². The van der Waals surface area contributed by atoms with Gasteiger partial charge in [-0.15, -0.1) is 0 Å². The van der Waals surface area contributed by atoms with E-state index in [0.717, 1.165) is 22.3 Å². The van der Waals surface area contributed by atoms with E-state index in [-0.39, 0.29) is 140 Å². The monoisotopic (exact) mass is 1840 g/mol. The summed E-state index contributed by atoms with van der Waals surface area (Å²) in [4.78, 5) is 172. The van der Waals surface area contributed by atoms with Crippen molar-refractivity contribution in [2.24, 2.45) is 53.3 Å². The first-order chi connectivity index (χ1) is 61.1. The lowest BCUT2D eigenvalue weighted by atomic mass is 9.87. The van der Waals surface area contributed by atoms with Crippen molar-refractivity contribution in [2.45, 2.75) is 266 Å². The van der Waals surface area contributed by atoms with Gasteiger partial charge in [0.05, 0.1) is 95.5 Å². The Bertz CT molecular complexity index is 4290. The second kappa shape index (κ2) is 54.1. The molecule has 0 aromatic heterocycles. The van der Waals surface area contributed by atoms with E-state index in [1.807, 2.05) is 182 Å². The first kappa shape index (κ1) is 112. The molecule has 5 heterocycles. The zero-order valence-corrected chi connectivity index (χ0v) is 79.6. The Morgan fingerprint density at radius 2 is 0.695 bits per heavy atom. The predicted molar refractivity (Wildman–Crippen MR) is 491 cm³/mol. The van der Waals surface area contributed by atoms with Crippen molar-refractivity contribution in [2.75, 3.05) is 85.5 Å². The van der Waals surface area contributed by atoms with Crippen LogP contribution in [0, 0.1) is 53.3 Å². The molecule has 5 aliphatic heterocycles. The van der Waals surface area contributed by atoms with Gasteiger partial charge in [0, 0.05) is 71.0 Å². The van der Waals surface area contributed by atoms with Crippen LogP contribution in [0.1, 0.15) is 205 Å². The van der Waals surface area contributed by atoms with E-state index in [9.17, 15) is 80.6 Å². The molecule has 0 radical (unpaired) electrons. The second-order valence-electron chi connectivity index (χ2n) is 38.9. The molecule has 131 heavy (non-hydrogen) atoms. The van der Waals surface area contributed by atoms with Crippen molar-refractivity contribution in [3.8, 4) is 0 Å². The van der Waals surface area contributed by atoms with Gasteiger partial charge < -0.3 is 60.1 Å². The number of aliphatic carboxylic acids is 1. The lowest BCUT2D eigenvalue weighted by Crippen LogP contribution is -2.50. The molecule has 9 rings (SSSR count). The third-order valence-electron chi connectivity index (χ3n) is 23.0. The number of ether oxygens (including phenoxy) is 6. The maximum absolute atomic E-state index is 14.2. The summed E-state index contributed by atoms with van der Waals surface area (Å²) in [6, 6.07) is 34.3. The molecular formula is C100H147F4N7O20. The summed E-state index contributed by atoms with van der Waals surface area (Å²) in [5.74, 6) is -7.72. The van der Waals surface area contributed by atoms with E-state index in [1.54, 1.807) is 53.8 Å². The van der Waals surface area contributed by atoms with Crippen LogP contribution >= 0.6 is 0 Å². The molecule has 31 heteroatoms. The number of Topliss-reactive ketones (excluding diaryl/α,β-unsaturated/α-hetero) is 7. The fourth-order valence-electron chi connectivity index (χ4n) is 15.4. The number of epoxide rings is 3. The van der Waals surface area contributed by atoms with Crippen molar-refractivity contribution in [3.05, 3.63) is 144 Å². The summed E-state index contributed by atoms with van der Waals surface area (Å²) >= 11 is 0. The minimum absolute atomic E-state index is 0. The maximum atomic E-state index is 14.2. The standard InChI is InChI=1S/C42H59N3O7.C33H44N2O6.C14H25NO4.C11H16F3NO3.FH.H2/c1-29(2)22-36(43-40(49)33(17-16-31-12-8-6-9-13-31)25-35(46)27-45-18-20-51-21-19-45)38(47)26-34(24-32-14-10-7-11-15-32)41(50)44-37(23-30(3)4)39(48)42(5)28-52-42;1-24(2)19-30(31(37)22-28(33(39)40)20-26-11-7-4-8-12-26)34-32(38)27(14-13-25-9-5-3-6-10-25)21-29(36)23-35-15-17-41-18-16-35;1-9(2)7-10(11(16)14(6)8-18-14)15-12(17)19-13(3,4)5;1-6(2)4-7(8(16)10(3)5-18-10)15-9(17)11(12,13)14;;/h6-15,29-30,33-34,36-37H,16-28H2,1-5H3,(H,43,49)(H,44,50);3-12,24,27-28,30H,13-23H2,1-2H3,(H,34,38)(H,39,40);9-10H,7-8H2,1-6H3,(H,15,17);6-7H,4-5H2,1-3H3,(H,15,17);2*1H/t33-,34-,36+,37+,42-;27-,28-,30+;10-,14+;7-,10+;;/m1100../s1. The van der Waals surface area contributed by atoms with Gasteiger partial charge in [0.1, 0.15) is 34.0 Å². The molecular weight excluding hydrogens is 1700 g/mol. The normalized spacial score (nSPS) is 19.8. The molecule has 12 atom stereocenters. The van der Waals surface area contributed by atoms with Crippen molar-refractivity contribution in [3.63, 3.8) is 0 Å². The Morgan fingerprint density at radius 3 is 1.00 bits per heavy atom. The number of morpholine rings is 2. The molecule has 0 spiro atoms. The highest BCUT2D eigenvalue weighted by atomic mass is 19.4. The average molecular weight is 1840 g/mol. The van der Waals surface area contributed by atoms with Crippen molar-refractivity contribution >= 4 is 76.2 Å². The van der Waals surface area contributed by atoms with Crippen LogP contribution in [0.2, 0.25) is 0 Å². The molecule has 5 amide bonds. The van der Waals surface area contributed by atoms with Gasteiger partial charge in [-0.05, 0) is 164 Å². The predicted octanol–water partition coefficient (Wildman–Crippen LogP) is 12.8. The smallest absolute Gasteiger partial charge is 0.471 e. The molecule has 0 aliphatic carbocycles. The van der Waals surface area contributed by atoms with Crippen LogP contribution in [0.15, 0.2) is 121 Å². The molecule has 4 aromatic carbocycles. The Balaban J connectivity index is 0.000000401. The number of carboxylic acids is 1. The number of hydrogen-bond acceptors (Lipinski definition) is 21. The van der Waals surface area contributed by atoms with Crippen LogP contribution in [0.4, 0.5) is 22.7 Å². The number of halogens is 4. The molecule has 5 fully saturated rings. The molecule has 0 unspecified atom stereocenters. The Kier molecular flexibility index (Phi) is 46.3. The fourth-order valence-corrected chi connectivity index (χ4v) is 15.4. The Labute approximate surface area is 772 Å². The maximum Gasteiger partial charge on any atom is 0.471 e. The van der Waals surface area contributed by atoms with Crippen LogP contribution in [0.5, 0.6) is 0 Å². The first-order valence-electron chi connectivity index (χ1n) is 46.0. The van der Waals surface area contributed by atoms with E-state index >= 15 is 0 Å². The lowest BCUT2D eigenvalue weighted by molar-refractivity contribution is -0.175. The van der Waals surface area contributed by atoms with Crippen LogP contribution in [-0.4, -0.2) is 235 Å². The van der Waals surface area contributed by atoms with Gasteiger partial charge in [0.15, 0.2) is 28.9 Å². The molecule has 27 nitrogen and oxygen atoms in total. The summed E-state index contributed by atoms with van der Waals surface area (Å²) in [6.45, 7) is 36.3. The Hall–Kier alpha value is -9.37. The van der Waals surface area contributed by atoms with Crippen molar-refractivity contribution in [1.29, 1.82) is 0 Å². The number of carbonyl (C=O) groups is 13. The summed E-state index contributed by atoms with van der Waals surface area (Å²) in [7, 11) is 0. The molecule has 0 saturated carbocycles. The quantitative estimate of drug-likeness (QED) is 0.0177. The number of benzene rings is 4. The minimum atomic E-state index is -4.99. The largest absolute Gasteiger partial charge is 0.481 e. The zero-order chi connectivity index (χ0) is 96.3. The lowest BCUT2D eigenvalue weighted by Gasteiger charge is -2.28. The number of hydrogen-bond donors (Lipinski definition) is 6.